The molecule has 0 aliphatic carbocycles. The zero-order chi connectivity index (χ0) is 24.8. The molecule has 2 nitrogen and oxygen atoms in total. The van der Waals surface area contributed by atoms with E-state index < -0.39 is 74.4 Å². The first-order valence-corrected chi connectivity index (χ1v) is 9.33. The zero-order valence-corrected chi connectivity index (χ0v) is 16.5. The van der Waals surface area contributed by atoms with Gasteiger partial charge in [-0.1, -0.05) is 19.8 Å². The molecule has 0 rings (SSSR count). The zero-order valence-electron chi connectivity index (χ0n) is 16.5. The Balaban J connectivity index is 5.53. The first-order valence-electron chi connectivity index (χ1n) is 9.33. The summed E-state index contributed by atoms with van der Waals surface area (Å²) in [6.45, 7) is -0.0150. The Morgan fingerprint density at radius 2 is 0.935 bits per heavy atom. The van der Waals surface area contributed by atoms with E-state index >= 15 is 0 Å². The highest BCUT2D eigenvalue weighted by Gasteiger charge is 2.89. The van der Waals surface area contributed by atoms with Gasteiger partial charge in [-0.25, -0.2) is 0 Å². The molecule has 0 unspecified atom stereocenters. The standard InChI is InChI=1S/C17H24F12O2/c1-2-3-4-10-31-11-6-8-13(20,21)15(24,25)17(28,29)16(26,27)14(22,23)12(18,19)7-5-9-30/h30H,2-11H2,1H3. The van der Waals surface area contributed by atoms with Crippen LogP contribution in [0.3, 0.4) is 0 Å². The Kier molecular flexibility index (Phi) is 10.5. The molecule has 0 saturated carbocycles. The van der Waals surface area contributed by atoms with E-state index in [2.05, 4.69) is 0 Å². The lowest BCUT2D eigenvalue weighted by Crippen LogP contribution is -2.70. The quantitative estimate of drug-likeness (QED) is 0.197. The predicted octanol–water partition coefficient (Wildman–Crippen LogP) is 6.56. The van der Waals surface area contributed by atoms with E-state index in [9.17, 15) is 52.7 Å². The largest absolute Gasteiger partial charge is 0.396 e. The Bertz CT molecular complexity index is 537. The lowest BCUT2D eigenvalue weighted by Gasteiger charge is -2.41. The number of ether oxygens (including phenoxy) is 1. The van der Waals surface area contributed by atoms with Crippen LogP contribution in [0.1, 0.15) is 51.9 Å². The fourth-order valence-corrected chi connectivity index (χ4v) is 2.42. The van der Waals surface area contributed by atoms with Crippen LogP contribution >= 0.6 is 0 Å². The van der Waals surface area contributed by atoms with E-state index in [1.54, 1.807) is 0 Å². The summed E-state index contributed by atoms with van der Waals surface area (Å²) in [5.74, 6) is -41.3. The second-order valence-corrected chi connectivity index (χ2v) is 6.96. The number of aliphatic hydroxyl groups excluding tert-OH is 1. The number of halogens is 12. The van der Waals surface area contributed by atoms with E-state index in [0.29, 0.717) is 12.8 Å². The number of hydrogen-bond acceptors (Lipinski definition) is 2. The second kappa shape index (κ2) is 10.8. The van der Waals surface area contributed by atoms with Crippen LogP contribution < -0.4 is 0 Å². The van der Waals surface area contributed by atoms with Crippen molar-refractivity contribution in [2.45, 2.75) is 87.4 Å². The maximum atomic E-state index is 13.7. The van der Waals surface area contributed by atoms with Crippen molar-refractivity contribution in [3.05, 3.63) is 0 Å². The van der Waals surface area contributed by atoms with Crippen LogP contribution in [0.4, 0.5) is 52.7 Å². The van der Waals surface area contributed by atoms with Gasteiger partial charge in [-0.3, -0.25) is 0 Å². The first kappa shape index (κ1) is 30.1. The fraction of sp³-hybridized carbons (Fsp3) is 1.00. The van der Waals surface area contributed by atoms with Crippen molar-refractivity contribution < 1.29 is 62.5 Å². The van der Waals surface area contributed by atoms with Gasteiger partial charge >= 0.3 is 35.5 Å². The Morgan fingerprint density at radius 1 is 0.548 bits per heavy atom. The molecule has 1 N–H and O–H groups in total. The van der Waals surface area contributed by atoms with E-state index in [-0.39, 0.29) is 6.61 Å². The molecule has 188 valence electrons. The first-order chi connectivity index (χ1) is 13.9. The van der Waals surface area contributed by atoms with Crippen molar-refractivity contribution in [1.29, 1.82) is 0 Å². The molecule has 0 atom stereocenters. The monoisotopic (exact) mass is 488 g/mol. The van der Waals surface area contributed by atoms with Crippen LogP contribution in [-0.2, 0) is 4.74 Å². The minimum Gasteiger partial charge on any atom is -0.396 e. The van der Waals surface area contributed by atoms with Crippen LogP contribution in [0, 0.1) is 0 Å². The minimum absolute atomic E-state index is 0.0270. The van der Waals surface area contributed by atoms with Crippen molar-refractivity contribution in [1.82, 2.24) is 0 Å². The summed E-state index contributed by atoms with van der Waals surface area (Å²) in [4.78, 5) is 0. The fourth-order valence-electron chi connectivity index (χ4n) is 2.42. The van der Waals surface area contributed by atoms with Gasteiger partial charge in [0, 0.05) is 32.7 Å². The highest BCUT2D eigenvalue weighted by atomic mass is 19.4. The maximum absolute atomic E-state index is 13.7. The smallest absolute Gasteiger partial charge is 0.384 e. The third-order valence-electron chi connectivity index (χ3n) is 4.42. The molecule has 0 saturated heterocycles. The molecular weight excluding hydrogens is 464 g/mol. The van der Waals surface area contributed by atoms with Crippen LogP contribution in [0.2, 0.25) is 0 Å². The van der Waals surface area contributed by atoms with Gasteiger partial charge in [-0.15, -0.1) is 0 Å². The van der Waals surface area contributed by atoms with Gasteiger partial charge in [0.15, 0.2) is 0 Å². The van der Waals surface area contributed by atoms with Crippen LogP contribution in [-0.4, -0.2) is 60.5 Å². The molecule has 0 fully saturated rings. The normalized spacial score (nSPS) is 14.9. The molecule has 0 aromatic carbocycles. The van der Waals surface area contributed by atoms with Gasteiger partial charge < -0.3 is 9.84 Å². The van der Waals surface area contributed by atoms with Crippen molar-refractivity contribution in [2.24, 2.45) is 0 Å². The Morgan fingerprint density at radius 3 is 1.32 bits per heavy atom. The molecule has 0 bridgehead atoms. The molecule has 31 heavy (non-hydrogen) atoms. The van der Waals surface area contributed by atoms with Crippen LogP contribution in [0.25, 0.3) is 0 Å². The third-order valence-corrected chi connectivity index (χ3v) is 4.42. The topological polar surface area (TPSA) is 29.5 Å². The molecule has 0 aliphatic heterocycles. The average molecular weight is 488 g/mol. The molecular formula is C17H24F12O2. The Hall–Kier alpha value is -0.920. The summed E-state index contributed by atoms with van der Waals surface area (Å²) in [7, 11) is 0. The average Bonchev–Trinajstić information content (AvgIpc) is 2.64. The minimum atomic E-state index is -7.55. The molecule has 0 aromatic heterocycles. The summed E-state index contributed by atoms with van der Waals surface area (Å²) in [5.41, 5.74) is 0. The van der Waals surface area contributed by atoms with Crippen molar-refractivity contribution in [2.75, 3.05) is 19.8 Å². The van der Waals surface area contributed by atoms with Gasteiger partial charge in [0.05, 0.1) is 0 Å². The molecule has 0 aromatic rings. The van der Waals surface area contributed by atoms with Crippen LogP contribution in [0.15, 0.2) is 0 Å². The van der Waals surface area contributed by atoms with E-state index in [0.717, 1.165) is 6.42 Å². The van der Waals surface area contributed by atoms with Gasteiger partial charge in [0.2, 0.25) is 0 Å². The van der Waals surface area contributed by atoms with Gasteiger partial charge in [-0.05, 0) is 19.3 Å². The number of aliphatic hydroxyl groups is 1. The van der Waals surface area contributed by atoms with Crippen LogP contribution in [0.5, 0.6) is 0 Å². The summed E-state index contributed by atoms with van der Waals surface area (Å²) in [5, 5.41) is 8.31. The highest BCUT2D eigenvalue weighted by Crippen LogP contribution is 2.61. The molecule has 14 heteroatoms. The van der Waals surface area contributed by atoms with Gasteiger partial charge in [0.25, 0.3) is 0 Å². The van der Waals surface area contributed by atoms with E-state index in [4.69, 9.17) is 9.84 Å². The number of alkyl halides is 12. The second-order valence-electron chi connectivity index (χ2n) is 6.96. The maximum Gasteiger partial charge on any atom is 0.384 e. The number of hydrogen-bond donors (Lipinski definition) is 1. The lowest BCUT2D eigenvalue weighted by atomic mass is 9.89. The summed E-state index contributed by atoms with van der Waals surface area (Å²) < 4.78 is 168. The summed E-state index contributed by atoms with van der Waals surface area (Å²) >= 11 is 0. The third kappa shape index (κ3) is 6.11. The van der Waals surface area contributed by atoms with E-state index in [1.165, 1.54) is 0 Å². The number of rotatable bonds is 16. The summed E-state index contributed by atoms with van der Waals surface area (Å²) in [6, 6.07) is 0. The number of unbranched alkanes of at least 4 members (excludes halogenated alkanes) is 2. The van der Waals surface area contributed by atoms with Crippen molar-refractivity contribution in [3.63, 3.8) is 0 Å². The molecule has 0 amide bonds. The van der Waals surface area contributed by atoms with Crippen molar-refractivity contribution >= 4 is 0 Å². The lowest BCUT2D eigenvalue weighted by molar-refractivity contribution is -0.425. The van der Waals surface area contributed by atoms with Crippen molar-refractivity contribution in [3.8, 4) is 0 Å². The molecule has 0 radical (unpaired) electrons. The molecule has 0 spiro atoms. The van der Waals surface area contributed by atoms with E-state index in [1.807, 2.05) is 6.92 Å². The Labute approximate surface area is 170 Å². The van der Waals surface area contributed by atoms with Gasteiger partial charge in [0.1, 0.15) is 0 Å². The molecule has 0 heterocycles. The predicted molar refractivity (Wildman–Crippen MR) is 85.6 cm³/mol. The summed E-state index contributed by atoms with van der Waals surface area (Å²) in [6.07, 6.45) is -4.78. The highest BCUT2D eigenvalue weighted by molar-refractivity contribution is 5.11. The van der Waals surface area contributed by atoms with Gasteiger partial charge in [-0.2, -0.15) is 52.7 Å². The SMILES string of the molecule is CCCCCOCCCC(F)(F)C(F)(F)C(F)(F)C(F)(F)C(F)(F)C(F)(F)CCCO. The molecule has 0 aliphatic rings.